The first kappa shape index (κ1) is 19.3. The molecular formula is C19H33N3O2. The lowest BCUT2D eigenvalue weighted by Gasteiger charge is -2.41. The second-order valence-corrected chi connectivity index (χ2v) is 7.29. The fourth-order valence-electron chi connectivity index (χ4n) is 3.52. The molecule has 136 valence electrons. The van der Waals surface area contributed by atoms with Gasteiger partial charge >= 0.3 is 0 Å². The lowest BCUT2D eigenvalue weighted by atomic mass is 10.1. The summed E-state index contributed by atoms with van der Waals surface area (Å²) in [6.45, 7) is 9.88. The number of hydrogen-bond donors (Lipinski definition) is 2. The van der Waals surface area contributed by atoms with Gasteiger partial charge in [0.05, 0.1) is 12.2 Å². The largest absolute Gasteiger partial charge is 0.392 e. The molecule has 0 unspecified atom stereocenters. The standard InChI is InChI=1S/C19H33N3O2/c1-16-11-21(9-10-22(16)12-17(2)23)15-19(24)14-20(3)13-18-7-5-4-6-8-18/h4-8,16-17,19,23-24H,9-15H2,1-3H3/t16-,17+,19+/m1/s1. The number of likely N-dealkylation sites (N-methyl/N-ethyl adjacent to an activating group) is 1. The second-order valence-electron chi connectivity index (χ2n) is 7.29. The summed E-state index contributed by atoms with van der Waals surface area (Å²) in [5.41, 5.74) is 1.27. The van der Waals surface area contributed by atoms with Gasteiger partial charge in [-0.05, 0) is 26.5 Å². The van der Waals surface area contributed by atoms with Gasteiger partial charge in [0.15, 0.2) is 0 Å². The molecule has 0 bridgehead atoms. The Hall–Kier alpha value is -0.980. The van der Waals surface area contributed by atoms with Gasteiger partial charge in [0, 0.05) is 51.9 Å². The van der Waals surface area contributed by atoms with Gasteiger partial charge in [-0.1, -0.05) is 30.3 Å². The molecule has 0 spiro atoms. The van der Waals surface area contributed by atoms with Crippen LogP contribution in [0.3, 0.4) is 0 Å². The highest BCUT2D eigenvalue weighted by Gasteiger charge is 2.25. The Balaban J connectivity index is 1.71. The van der Waals surface area contributed by atoms with Crippen LogP contribution in [0, 0.1) is 0 Å². The molecule has 0 radical (unpaired) electrons. The number of rotatable bonds is 8. The fraction of sp³-hybridized carbons (Fsp3) is 0.684. The number of aliphatic hydroxyl groups excluding tert-OH is 2. The third-order valence-electron chi connectivity index (χ3n) is 4.63. The van der Waals surface area contributed by atoms with Gasteiger partial charge in [0.25, 0.3) is 0 Å². The van der Waals surface area contributed by atoms with Crippen LogP contribution in [0.2, 0.25) is 0 Å². The lowest BCUT2D eigenvalue weighted by Crippen LogP contribution is -2.55. The molecule has 0 aromatic heterocycles. The topological polar surface area (TPSA) is 50.2 Å². The monoisotopic (exact) mass is 335 g/mol. The van der Waals surface area contributed by atoms with Gasteiger partial charge in [0.1, 0.15) is 0 Å². The molecule has 1 aromatic carbocycles. The number of hydrogen-bond acceptors (Lipinski definition) is 5. The van der Waals surface area contributed by atoms with Crippen LogP contribution in [-0.4, -0.2) is 89.5 Å². The number of aliphatic hydroxyl groups is 2. The maximum absolute atomic E-state index is 10.4. The van der Waals surface area contributed by atoms with E-state index in [2.05, 4.69) is 40.8 Å². The normalized spacial score (nSPS) is 22.7. The third kappa shape index (κ3) is 6.49. The zero-order chi connectivity index (χ0) is 17.5. The molecule has 5 nitrogen and oxygen atoms in total. The molecule has 0 aliphatic carbocycles. The number of nitrogens with zero attached hydrogens (tertiary/aromatic N) is 3. The van der Waals surface area contributed by atoms with Gasteiger partial charge in [-0.25, -0.2) is 0 Å². The van der Waals surface area contributed by atoms with Gasteiger partial charge in [-0.3, -0.25) is 14.7 Å². The molecule has 3 atom stereocenters. The van der Waals surface area contributed by atoms with Crippen LogP contribution in [0.4, 0.5) is 0 Å². The molecule has 1 fully saturated rings. The SMILES string of the molecule is C[C@H](O)CN1CCN(C[C@@H](O)CN(C)Cc2ccccc2)C[C@H]1C. The molecule has 1 saturated heterocycles. The third-order valence-corrected chi connectivity index (χ3v) is 4.63. The van der Waals surface area contributed by atoms with E-state index in [1.807, 2.05) is 25.1 Å². The Bertz CT molecular complexity index is 469. The molecule has 2 rings (SSSR count). The summed E-state index contributed by atoms with van der Waals surface area (Å²) in [6, 6.07) is 10.8. The Morgan fingerprint density at radius 2 is 1.88 bits per heavy atom. The minimum Gasteiger partial charge on any atom is -0.392 e. The molecule has 1 aliphatic rings. The Morgan fingerprint density at radius 3 is 2.50 bits per heavy atom. The maximum atomic E-state index is 10.4. The van der Waals surface area contributed by atoms with E-state index in [0.717, 1.165) is 32.7 Å². The van der Waals surface area contributed by atoms with E-state index in [0.29, 0.717) is 19.1 Å². The summed E-state index contributed by atoms with van der Waals surface area (Å²) < 4.78 is 0. The molecule has 1 aromatic rings. The molecule has 1 aliphatic heterocycles. The highest BCUT2D eigenvalue weighted by atomic mass is 16.3. The van der Waals surface area contributed by atoms with Crippen LogP contribution >= 0.6 is 0 Å². The average molecular weight is 335 g/mol. The van der Waals surface area contributed by atoms with Gasteiger partial charge < -0.3 is 10.2 Å². The Labute approximate surface area is 146 Å². The molecule has 5 heteroatoms. The van der Waals surface area contributed by atoms with Crippen molar-refractivity contribution in [3.05, 3.63) is 35.9 Å². The van der Waals surface area contributed by atoms with Crippen LogP contribution in [0.5, 0.6) is 0 Å². The summed E-state index contributed by atoms with van der Waals surface area (Å²) >= 11 is 0. The van der Waals surface area contributed by atoms with Crippen molar-refractivity contribution >= 4 is 0 Å². The van der Waals surface area contributed by atoms with E-state index in [1.54, 1.807) is 0 Å². The molecule has 0 amide bonds. The van der Waals surface area contributed by atoms with Crippen molar-refractivity contribution in [2.75, 3.05) is 46.3 Å². The smallest absolute Gasteiger partial charge is 0.0793 e. The van der Waals surface area contributed by atoms with Crippen LogP contribution in [-0.2, 0) is 6.54 Å². The lowest BCUT2D eigenvalue weighted by molar-refractivity contribution is 0.0175. The highest BCUT2D eigenvalue weighted by Crippen LogP contribution is 2.11. The fourth-order valence-corrected chi connectivity index (χ4v) is 3.52. The zero-order valence-corrected chi connectivity index (χ0v) is 15.3. The quantitative estimate of drug-likeness (QED) is 0.738. The van der Waals surface area contributed by atoms with Crippen molar-refractivity contribution in [2.24, 2.45) is 0 Å². The summed E-state index contributed by atoms with van der Waals surface area (Å²) in [5.74, 6) is 0. The van der Waals surface area contributed by atoms with E-state index in [-0.39, 0.29) is 12.2 Å². The van der Waals surface area contributed by atoms with Crippen molar-refractivity contribution < 1.29 is 10.2 Å². The maximum Gasteiger partial charge on any atom is 0.0793 e. The first-order valence-electron chi connectivity index (χ1n) is 8.99. The van der Waals surface area contributed by atoms with Crippen molar-refractivity contribution in [1.29, 1.82) is 0 Å². The molecule has 24 heavy (non-hydrogen) atoms. The molecule has 2 N–H and O–H groups in total. The summed E-state index contributed by atoms with van der Waals surface area (Å²) in [4.78, 5) is 6.84. The Kier molecular flexibility index (Phi) is 7.65. The van der Waals surface area contributed by atoms with E-state index in [4.69, 9.17) is 0 Å². The van der Waals surface area contributed by atoms with Crippen LogP contribution in [0.1, 0.15) is 19.4 Å². The van der Waals surface area contributed by atoms with Crippen molar-refractivity contribution in [3.8, 4) is 0 Å². The van der Waals surface area contributed by atoms with Crippen LogP contribution in [0.15, 0.2) is 30.3 Å². The number of β-amino-alcohol motifs (C(OH)–C–C–N with tert-alkyl or cyclic N) is 2. The minimum atomic E-state index is -0.339. The van der Waals surface area contributed by atoms with E-state index < -0.39 is 0 Å². The van der Waals surface area contributed by atoms with Gasteiger partial charge in [0.2, 0.25) is 0 Å². The predicted molar refractivity (Wildman–Crippen MR) is 97.9 cm³/mol. The minimum absolute atomic E-state index is 0.281. The predicted octanol–water partition coefficient (Wildman–Crippen LogP) is 0.866. The Morgan fingerprint density at radius 1 is 1.17 bits per heavy atom. The van der Waals surface area contributed by atoms with E-state index in [9.17, 15) is 10.2 Å². The molecular weight excluding hydrogens is 302 g/mol. The first-order chi connectivity index (χ1) is 11.4. The molecule has 1 heterocycles. The molecule has 0 saturated carbocycles. The summed E-state index contributed by atoms with van der Waals surface area (Å²) in [6.07, 6.45) is -0.620. The van der Waals surface area contributed by atoms with Crippen molar-refractivity contribution in [3.63, 3.8) is 0 Å². The number of piperazine rings is 1. The van der Waals surface area contributed by atoms with Gasteiger partial charge in [-0.2, -0.15) is 0 Å². The van der Waals surface area contributed by atoms with Crippen LogP contribution in [0.25, 0.3) is 0 Å². The number of benzene rings is 1. The summed E-state index contributed by atoms with van der Waals surface area (Å²) in [7, 11) is 2.05. The van der Waals surface area contributed by atoms with Crippen molar-refractivity contribution in [2.45, 2.75) is 38.6 Å². The van der Waals surface area contributed by atoms with Crippen LogP contribution < -0.4 is 0 Å². The average Bonchev–Trinajstić information content (AvgIpc) is 2.50. The second kappa shape index (κ2) is 9.49. The van der Waals surface area contributed by atoms with Crippen molar-refractivity contribution in [1.82, 2.24) is 14.7 Å². The first-order valence-corrected chi connectivity index (χ1v) is 8.99. The van der Waals surface area contributed by atoms with E-state index >= 15 is 0 Å². The highest BCUT2D eigenvalue weighted by molar-refractivity contribution is 5.14. The van der Waals surface area contributed by atoms with E-state index in [1.165, 1.54) is 5.56 Å². The zero-order valence-electron chi connectivity index (χ0n) is 15.3. The summed E-state index contributed by atoms with van der Waals surface area (Å²) in [5, 5.41) is 20.0. The van der Waals surface area contributed by atoms with Gasteiger partial charge in [-0.15, -0.1) is 0 Å².